The Hall–Kier alpha value is -1.03. The van der Waals surface area contributed by atoms with Crippen molar-refractivity contribution in [2.24, 2.45) is 0 Å². The highest BCUT2D eigenvalue weighted by Gasteiger charge is 2.39. The summed E-state index contributed by atoms with van der Waals surface area (Å²) in [6.45, 7) is 5.67. The average Bonchev–Trinajstić information content (AvgIpc) is 2.12. The van der Waals surface area contributed by atoms with Crippen molar-refractivity contribution in [1.29, 1.82) is 0 Å². The van der Waals surface area contributed by atoms with Crippen molar-refractivity contribution < 1.29 is 18.0 Å². The average molecular weight is 265 g/mol. The highest BCUT2D eigenvalue weighted by Crippen LogP contribution is 2.31. The minimum atomic E-state index is -4.87. The van der Waals surface area contributed by atoms with E-state index in [1.807, 2.05) is 20.8 Å². The van der Waals surface area contributed by atoms with Crippen LogP contribution >= 0.6 is 11.6 Å². The second-order valence-corrected chi connectivity index (χ2v) is 5.18. The summed E-state index contributed by atoms with van der Waals surface area (Å²) in [6, 6.07) is 3.68. The molecule has 0 atom stereocenters. The molecule has 0 aliphatic rings. The fourth-order valence-electron chi connectivity index (χ4n) is 1.43. The fourth-order valence-corrected chi connectivity index (χ4v) is 1.89. The predicted octanol–water partition coefficient (Wildman–Crippen LogP) is 4.38. The van der Waals surface area contributed by atoms with Crippen LogP contribution in [-0.4, -0.2) is 12.0 Å². The molecule has 0 radical (unpaired) electrons. The summed E-state index contributed by atoms with van der Waals surface area (Å²) in [5.41, 5.74) is -0.00920. The van der Waals surface area contributed by atoms with E-state index in [0.717, 1.165) is 12.1 Å². The molecule has 0 N–H and O–H groups in total. The van der Waals surface area contributed by atoms with E-state index in [9.17, 15) is 18.0 Å². The first kappa shape index (κ1) is 14.0. The fraction of sp³-hybridized carbons (Fsp3) is 0.417. The van der Waals surface area contributed by atoms with Gasteiger partial charge in [0.15, 0.2) is 0 Å². The predicted molar refractivity (Wildman–Crippen MR) is 60.5 cm³/mol. The number of benzene rings is 1. The Balaban J connectivity index is 3.19. The molecule has 0 fully saturated rings. The Morgan fingerprint density at radius 1 is 1.18 bits per heavy atom. The summed E-state index contributed by atoms with van der Waals surface area (Å²) >= 11 is 5.89. The van der Waals surface area contributed by atoms with Crippen molar-refractivity contribution in [3.63, 3.8) is 0 Å². The monoisotopic (exact) mass is 264 g/mol. The third-order valence-corrected chi connectivity index (χ3v) is 2.61. The van der Waals surface area contributed by atoms with Gasteiger partial charge in [0.05, 0.1) is 0 Å². The third-order valence-electron chi connectivity index (χ3n) is 2.30. The molecule has 0 amide bonds. The van der Waals surface area contributed by atoms with E-state index in [2.05, 4.69) is 0 Å². The van der Waals surface area contributed by atoms with E-state index in [-0.39, 0.29) is 10.4 Å². The van der Waals surface area contributed by atoms with Crippen LogP contribution in [0.1, 0.15) is 36.7 Å². The number of rotatable bonds is 1. The Labute approximate surface area is 103 Å². The zero-order chi connectivity index (χ0) is 13.4. The van der Waals surface area contributed by atoms with Crippen LogP contribution in [0.25, 0.3) is 0 Å². The van der Waals surface area contributed by atoms with E-state index in [1.165, 1.54) is 6.07 Å². The molecule has 1 aromatic rings. The maximum Gasteiger partial charge on any atom is 0.454 e. The van der Waals surface area contributed by atoms with Crippen LogP contribution in [0, 0.1) is 0 Å². The minimum Gasteiger partial charge on any atom is -0.284 e. The lowest BCUT2D eigenvalue weighted by Gasteiger charge is -2.21. The normalized spacial score (nSPS) is 12.6. The largest absolute Gasteiger partial charge is 0.454 e. The van der Waals surface area contributed by atoms with Crippen LogP contribution in [0.3, 0.4) is 0 Å². The lowest BCUT2D eigenvalue weighted by Crippen LogP contribution is -2.23. The molecule has 0 bridgehead atoms. The molecule has 0 aliphatic carbocycles. The van der Waals surface area contributed by atoms with Gasteiger partial charge < -0.3 is 0 Å². The molecular formula is C12H12ClF3O. The summed E-state index contributed by atoms with van der Waals surface area (Å²) < 4.78 is 36.6. The van der Waals surface area contributed by atoms with E-state index in [4.69, 9.17) is 11.6 Å². The van der Waals surface area contributed by atoms with E-state index >= 15 is 0 Å². The van der Waals surface area contributed by atoms with Gasteiger partial charge in [0.2, 0.25) is 0 Å². The molecule has 1 nitrogen and oxygen atoms in total. The zero-order valence-electron chi connectivity index (χ0n) is 9.65. The first-order chi connectivity index (χ1) is 7.53. The van der Waals surface area contributed by atoms with Gasteiger partial charge in [0.25, 0.3) is 5.78 Å². The Kier molecular flexibility index (Phi) is 3.58. The number of ketones is 1. The van der Waals surface area contributed by atoms with Gasteiger partial charge in [-0.25, -0.2) is 0 Å². The number of alkyl halides is 3. The number of carbonyl (C=O) groups excluding carboxylic acids is 1. The maximum absolute atomic E-state index is 12.2. The summed E-state index contributed by atoms with van der Waals surface area (Å²) in [5, 5.41) is 0.174. The molecule has 0 spiro atoms. The van der Waals surface area contributed by atoms with Crippen molar-refractivity contribution >= 4 is 17.4 Å². The smallest absolute Gasteiger partial charge is 0.284 e. The molecule has 0 aliphatic heterocycles. The van der Waals surface area contributed by atoms with Crippen molar-refractivity contribution in [3.05, 3.63) is 34.3 Å². The van der Waals surface area contributed by atoms with Crippen LogP contribution in [-0.2, 0) is 5.41 Å². The van der Waals surface area contributed by atoms with Crippen LogP contribution in [0.2, 0.25) is 5.02 Å². The molecule has 0 saturated carbocycles. The quantitative estimate of drug-likeness (QED) is 0.688. The standard InChI is InChI=1S/C12H12ClF3O/c1-11(2,3)8-5-4-7(6-9(8)13)10(17)12(14,15)16/h4-6H,1-3H3. The number of Topliss-reactive ketones (excluding diaryl/α,β-unsaturated/α-hetero) is 1. The highest BCUT2D eigenvalue weighted by atomic mass is 35.5. The lowest BCUT2D eigenvalue weighted by molar-refractivity contribution is -0.0885. The Morgan fingerprint density at radius 2 is 1.71 bits per heavy atom. The molecule has 5 heteroatoms. The second-order valence-electron chi connectivity index (χ2n) is 4.77. The molecule has 0 aromatic heterocycles. The molecule has 1 aromatic carbocycles. The first-order valence-corrected chi connectivity index (χ1v) is 5.33. The molecule has 94 valence electrons. The zero-order valence-corrected chi connectivity index (χ0v) is 10.4. The topological polar surface area (TPSA) is 17.1 Å². The van der Waals surface area contributed by atoms with Crippen LogP contribution < -0.4 is 0 Å². The van der Waals surface area contributed by atoms with Crippen LogP contribution in [0.4, 0.5) is 13.2 Å². The van der Waals surface area contributed by atoms with Crippen molar-refractivity contribution in [2.75, 3.05) is 0 Å². The third kappa shape index (κ3) is 3.22. The SMILES string of the molecule is CC(C)(C)c1ccc(C(=O)C(F)(F)F)cc1Cl. The summed E-state index contributed by atoms with van der Waals surface area (Å²) in [6.07, 6.45) is -4.87. The van der Waals surface area contributed by atoms with Crippen molar-refractivity contribution in [3.8, 4) is 0 Å². The highest BCUT2D eigenvalue weighted by molar-refractivity contribution is 6.32. The summed E-state index contributed by atoms with van der Waals surface area (Å²) in [5.74, 6) is -1.88. The molecular weight excluding hydrogens is 253 g/mol. The maximum atomic E-state index is 12.2. The van der Waals surface area contributed by atoms with E-state index in [0.29, 0.717) is 5.56 Å². The van der Waals surface area contributed by atoms with Gasteiger partial charge in [-0.1, -0.05) is 44.5 Å². The number of halogens is 4. The number of carbonyl (C=O) groups is 1. The van der Waals surface area contributed by atoms with Gasteiger partial charge in [-0.3, -0.25) is 4.79 Å². The first-order valence-electron chi connectivity index (χ1n) is 4.95. The molecule has 0 saturated heterocycles. The number of hydrogen-bond acceptors (Lipinski definition) is 1. The van der Waals surface area contributed by atoms with Crippen molar-refractivity contribution in [2.45, 2.75) is 32.4 Å². The lowest BCUT2D eigenvalue weighted by atomic mass is 9.86. The van der Waals surface area contributed by atoms with Crippen LogP contribution in [0.5, 0.6) is 0 Å². The summed E-state index contributed by atoms with van der Waals surface area (Å²) in [7, 11) is 0. The second kappa shape index (κ2) is 4.33. The van der Waals surface area contributed by atoms with Gasteiger partial charge in [0, 0.05) is 10.6 Å². The molecule has 17 heavy (non-hydrogen) atoms. The minimum absolute atomic E-state index is 0.174. The van der Waals surface area contributed by atoms with Crippen molar-refractivity contribution in [1.82, 2.24) is 0 Å². The van der Waals surface area contributed by atoms with Gasteiger partial charge in [-0.05, 0) is 17.0 Å². The molecule has 0 heterocycles. The summed E-state index contributed by atoms with van der Waals surface area (Å²) in [4.78, 5) is 11.0. The molecule has 1 rings (SSSR count). The van der Waals surface area contributed by atoms with Gasteiger partial charge in [0.1, 0.15) is 0 Å². The van der Waals surface area contributed by atoms with E-state index in [1.54, 1.807) is 0 Å². The molecule has 0 unspecified atom stereocenters. The van der Waals surface area contributed by atoms with Gasteiger partial charge >= 0.3 is 6.18 Å². The Bertz CT molecular complexity index is 444. The number of hydrogen-bond donors (Lipinski definition) is 0. The van der Waals surface area contributed by atoms with Gasteiger partial charge in [-0.15, -0.1) is 0 Å². The van der Waals surface area contributed by atoms with Crippen LogP contribution in [0.15, 0.2) is 18.2 Å². The van der Waals surface area contributed by atoms with Gasteiger partial charge in [-0.2, -0.15) is 13.2 Å². The van der Waals surface area contributed by atoms with E-state index < -0.39 is 17.5 Å². The Morgan fingerprint density at radius 3 is 2.06 bits per heavy atom.